The van der Waals surface area contributed by atoms with Crippen LogP contribution in [0.15, 0.2) is 0 Å². The Hall–Kier alpha value is -1.10. The number of nitrogens with one attached hydrogen (secondary N) is 1. The van der Waals surface area contributed by atoms with Gasteiger partial charge in [-0.05, 0) is 25.7 Å². The van der Waals surface area contributed by atoms with Crippen LogP contribution in [-0.4, -0.2) is 36.2 Å². The minimum absolute atomic E-state index is 0.00340. The Kier molecular flexibility index (Phi) is 7.15. The standard InChI is InChI=1S/C16H29NO4/c1-12(2)16(3,15(19)20)11-14(18)17-9-10-21-13-7-5-4-6-8-13/h12-13H,4-11H2,1-3H3,(H,17,18)(H,19,20). The molecule has 1 atom stereocenters. The molecule has 0 radical (unpaired) electrons. The SMILES string of the molecule is CC(C)C(C)(CC(=O)NCCOC1CCCCC1)C(=O)O. The van der Waals surface area contributed by atoms with E-state index in [0.717, 1.165) is 12.8 Å². The second-order valence-corrected chi connectivity index (χ2v) is 6.53. The summed E-state index contributed by atoms with van der Waals surface area (Å²) in [5.41, 5.74) is -1.02. The molecule has 0 bridgehead atoms. The van der Waals surface area contributed by atoms with Gasteiger partial charge >= 0.3 is 5.97 Å². The van der Waals surface area contributed by atoms with Gasteiger partial charge in [-0.3, -0.25) is 9.59 Å². The normalized spacial score (nSPS) is 19.2. The van der Waals surface area contributed by atoms with Crippen molar-refractivity contribution in [2.45, 2.75) is 65.4 Å². The Balaban J connectivity index is 2.25. The summed E-state index contributed by atoms with van der Waals surface area (Å²) in [6, 6.07) is 0. The highest BCUT2D eigenvalue weighted by atomic mass is 16.5. The van der Waals surface area contributed by atoms with Gasteiger partial charge in [0, 0.05) is 13.0 Å². The monoisotopic (exact) mass is 299 g/mol. The first-order valence-electron chi connectivity index (χ1n) is 7.98. The van der Waals surface area contributed by atoms with Crippen LogP contribution < -0.4 is 5.32 Å². The summed E-state index contributed by atoms with van der Waals surface area (Å²) >= 11 is 0. The van der Waals surface area contributed by atoms with Gasteiger partial charge in [0.15, 0.2) is 0 Å². The van der Waals surface area contributed by atoms with Crippen LogP contribution in [-0.2, 0) is 14.3 Å². The molecule has 5 nitrogen and oxygen atoms in total. The number of carbonyl (C=O) groups is 2. The minimum Gasteiger partial charge on any atom is -0.481 e. The Morgan fingerprint density at radius 1 is 1.29 bits per heavy atom. The Morgan fingerprint density at radius 2 is 1.90 bits per heavy atom. The predicted octanol–water partition coefficient (Wildman–Crippen LogP) is 2.59. The van der Waals surface area contributed by atoms with E-state index in [1.54, 1.807) is 6.92 Å². The molecule has 0 heterocycles. The van der Waals surface area contributed by atoms with Crippen molar-refractivity contribution in [1.29, 1.82) is 0 Å². The van der Waals surface area contributed by atoms with E-state index < -0.39 is 11.4 Å². The van der Waals surface area contributed by atoms with E-state index in [1.165, 1.54) is 19.3 Å². The molecular formula is C16H29NO4. The van der Waals surface area contributed by atoms with Crippen LogP contribution in [0.5, 0.6) is 0 Å². The highest BCUT2D eigenvalue weighted by Crippen LogP contribution is 2.31. The Labute approximate surface area is 127 Å². The van der Waals surface area contributed by atoms with Gasteiger partial charge < -0.3 is 15.2 Å². The predicted molar refractivity (Wildman–Crippen MR) is 81.0 cm³/mol. The van der Waals surface area contributed by atoms with Crippen LogP contribution in [0.4, 0.5) is 0 Å². The highest BCUT2D eigenvalue weighted by Gasteiger charge is 2.38. The molecule has 0 aromatic carbocycles. The molecule has 1 aliphatic carbocycles. The molecule has 1 unspecified atom stereocenters. The summed E-state index contributed by atoms with van der Waals surface area (Å²) in [7, 11) is 0. The van der Waals surface area contributed by atoms with Gasteiger partial charge in [0.2, 0.25) is 5.91 Å². The highest BCUT2D eigenvalue weighted by molar-refractivity contribution is 5.84. The van der Waals surface area contributed by atoms with Crippen LogP contribution >= 0.6 is 0 Å². The summed E-state index contributed by atoms with van der Waals surface area (Å²) in [6.07, 6.45) is 6.29. The molecule has 0 saturated heterocycles. The average Bonchev–Trinajstić information content (AvgIpc) is 2.44. The van der Waals surface area contributed by atoms with E-state index in [1.807, 2.05) is 13.8 Å². The number of hydrogen-bond acceptors (Lipinski definition) is 3. The van der Waals surface area contributed by atoms with Crippen molar-refractivity contribution in [3.05, 3.63) is 0 Å². The maximum absolute atomic E-state index is 11.9. The third-order valence-corrected chi connectivity index (χ3v) is 4.62. The zero-order valence-corrected chi connectivity index (χ0v) is 13.5. The summed E-state index contributed by atoms with van der Waals surface area (Å²) in [5, 5.41) is 12.0. The number of carboxylic acid groups (broad SMARTS) is 1. The first-order valence-corrected chi connectivity index (χ1v) is 7.98. The topological polar surface area (TPSA) is 75.6 Å². The molecule has 1 saturated carbocycles. The summed E-state index contributed by atoms with van der Waals surface area (Å²) < 4.78 is 5.73. The van der Waals surface area contributed by atoms with E-state index in [4.69, 9.17) is 4.74 Å². The zero-order chi connectivity index (χ0) is 15.9. The van der Waals surface area contributed by atoms with Crippen LogP contribution in [0.25, 0.3) is 0 Å². The molecular weight excluding hydrogens is 270 g/mol. The van der Waals surface area contributed by atoms with Crippen molar-refractivity contribution in [1.82, 2.24) is 5.32 Å². The fraction of sp³-hybridized carbons (Fsp3) is 0.875. The van der Waals surface area contributed by atoms with Gasteiger partial charge in [-0.25, -0.2) is 0 Å². The molecule has 122 valence electrons. The molecule has 5 heteroatoms. The average molecular weight is 299 g/mol. The van der Waals surface area contributed by atoms with Crippen molar-refractivity contribution in [2.24, 2.45) is 11.3 Å². The molecule has 2 N–H and O–H groups in total. The van der Waals surface area contributed by atoms with Crippen molar-refractivity contribution >= 4 is 11.9 Å². The minimum atomic E-state index is -1.02. The molecule has 1 aliphatic rings. The molecule has 0 spiro atoms. The van der Waals surface area contributed by atoms with Crippen molar-refractivity contribution < 1.29 is 19.4 Å². The lowest BCUT2D eigenvalue weighted by Crippen LogP contribution is -2.40. The third-order valence-electron chi connectivity index (χ3n) is 4.62. The first-order chi connectivity index (χ1) is 9.86. The van der Waals surface area contributed by atoms with Crippen LogP contribution in [0.2, 0.25) is 0 Å². The molecule has 0 aliphatic heterocycles. The smallest absolute Gasteiger partial charge is 0.310 e. The van der Waals surface area contributed by atoms with E-state index in [0.29, 0.717) is 19.3 Å². The lowest BCUT2D eigenvalue weighted by atomic mass is 9.76. The molecule has 1 fully saturated rings. The lowest BCUT2D eigenvalue weighted by molar-refractivity contribution is -0.153. The molecule has 21 heavy (non-hydrogen) atoms. The second-order valence-electron chi connectivity index (χ2n) is 6.53. The number of carbonyl (C=O) groups excluding carboxylic acids is 1. The summed E-state index contributed by atoms with van der Waals surface area (Å²) in [6.45, 7) is 6.23. The van der Waals surface area contributed by atoms with Gasteiger partial charge in [0.05, 0.1) is 18.1 Å². The number of amides is 1. The van der Waals surface area contributed by atoms with Crippen LogP contribution in [0.3, 0.4) is 0 Å². The van der Waals surface area contributed by atoms with Crippen LogP contribution in [0.1, 0.15) is 59.3 Å². The van der Waals surface area contributed by atoms with Crippen molar-refractivity contribution in [2.75, 3.05) is 13.2 Å². The fourth-order valence-corrected chi connectivity index (χ4v) is 2.57. The second kappa shape index (κ2) is 8.37. The van der Waals surface area contributed by atoms with Crippen molar-refractivity contribution in [3.8, 4) is 0 Å². The molecule has 1 amide bonds. The van der Waals surface area contributed by atoms with Gasteiger partial charge in [0.25, 0.3) is 0 Å². The van der Waals surface area contributed by atoms with E-state index in [9.17, 15) is 14.7 Å². The Bertz CT molecular complexity index is 350. The lowest BCUT2D eigenvalue weighted by Gasteiger charge is -2.28. The first kappa shape index (κ1) is 18.0. The fourth-order valence-electron chi connectivity index (χ4n) is 2.57. The van der Waals surface area contributed by atoms with Gasteiger partial charge in [-0.15, -0.1) is 0 Å². The maximum Gasteiger partial charge on any atom is 0.310 e. The van der Waals surface area contributed by atoms with Crippen LogP contribution in [0, 0.1) is 11.3 Å². The number of rotatable bonds is 8. The van der Waals surface area contributed by atoms with Gasteiger partial charge in [0.1, 0.15) is 0 Å². The molecule has 1 rings (SSSR count). The summed E-state index contributed by atoms with van der Waals surface area (Å²) in [4.78, 5) is 23.2. The van der Waals surface area contributed by atoms with Gasteiger partial charge in [-0.1, -0.05) is 33.1 Å². The number of hydrogen-bond donors (Lipinski definition) is 2. The zero-order valence-electron chi connectivity index (χ0n) is 13.5. The largest absolute Gasteiger partial charge is 0.481 e. The van der Waals surface area contributed by atoms with E-state index >= 15 is 0 Å². The third kappa shape index (κ3) is 5.65. The van der Waals surface area contributed by atoms with E-state index in [-0.39, 0.29) is 18.2 Å². The number of aliphatic carboxylic acids is 1. The molecule has 0 aromatic rings. The maximum atomic E-state index is 11.9. The summed E-state index contributed by atoms with van der Waals surface area (Å²) in [5.74, 6) is -1.24. The van der Waals surface area contributed by atoms with Gasteiger partial charge in [-0.2, -0.15) is 0 Å². The quantitative estimate of drug-likeness (QED) is 0.675. The number of carboxylic acids is 1. The van der Waals surface area contributed by atoms with Crippen molar-refractivity contribution in [3.63, 3.8) is 0 Å². The Morgan fingerprint density at radius 3 is 2.43 bits per heavy atom. The number of ether oxygens (including phenoxy) is 1. The van der Waals surface area contributed by atoms with E-state index in [2.05, 4.69) is 5.32 Å². The molecule has 0 aromatic heterocycles.